The third-order valence-electron chi connectivity index (χ3n) is 7.10. The maximum Gasteiger partial charge on any atom is 0.264 e. The van der Waals surface area contributed by atoms with Gasteiger partial charge in [0.05, 0.1) is 10.6 Å². The van der Waals surface area contributed by atoms with Crippen molar-refractivity contribution in [1.82, 2.24) is 10.2 Å². The molecular formula is C32H40ClN3O4S. The molecular weight excluding hydrogens is 558 g/mol. The summed E-state index contributed by atoms with van der Waals surface area (Å²) in [5.41, 5.74) is 3.63. The minimum Gasteiger partial charge on any atom is -0.354 e. The number of hydrogen-bond donors (Lipinski definition) is 1. The van der Waals surface area contributed by atoms with Crippen LogP contribution in [0.15, 0.2) is 71.6 Å². The zero-order chi connectivity index (χ0) is 30.3. The van der Waals surface area contributed by atoms with Crippen LogP contribution in [0.3, 0.4) is 0 Å². The van der Waals surface area contributed by atoms with E-state index in [0.29, 0.717) is 29.2 Å². The van der Waals surface area contributed by atoms with Crippen molar-refractivity contribution >= 4 is 39.1 Å². The SMILES string of the molecule is CCC(C(=O)NCC(C)C)N(Cc1ccccc1Cl)C(=O)CN(c1cccc(C)c1C)S(=O)(=O)c1ccc(C)cc1. The fourth-order valence-electron chi connectivity index (χ4n) is 4.51. The second kappa shape index (κ2) is 14.0. The summed E-state index contributed by atoms with van der Waals surface area (Å²) in [6.07, 6.45) is 0.342. The van der Waals surface area contributed by atoms with Gasteiger partial charge >= 0.3 is 0 Å². The van der Waals surface area contributed by atoms with Crippen LogP contribution in [0.5, 0.6) is 0 Å². The van der Waals surface area contributed by atoms with E-state index in [2.05, 4.69) is 5.32 Å². The topological polar surface area (TPSA) is 86.8 Å². The fraction of sp³-hybridized carbons (Fsp3) is 0.375. The predicted molar refractivity (Wildman–Crippen MR) is 166 cm³/mol. The van der Waals surface area contributed by atoms with Gasteiger partial charge in [0.1, 0.15) is 12.6 Å². The van der Waals surface area contributed by atoms with E-state index >= 15 is 0 Å². The summed E-state index contributed by atoms with van der Waals surface area (Å²) in [6.45, 7) is 11.5. The third kappa shape index (κ3) is 7.89. The molecule has 0 aromatic heterocycles. The molecule has 220 valence electrons. The smallest absolute Gasteiger partial charge is 0.264 e. The van der Waals surface area contributed by atoms with Gasteiger partial charge in [0.15, 0.2) is 0 Å². The van der Waals surface area contributed by atoms with Crippen LogP contribution in [0.25, 0.3) is 0 Å². The van der Waals surface area contributed by atoms with Gasteiger partial charge in [-0.05, 0) is 74.1 Å². The molecule has 3 aromatic rings. The average Bonchev–Trinajstić information content (AvgIpc) is 2.93. The number of sulfonamides is 1. The zero-order valence-electron chi connectivity index (χ0n) is 24.6. The molecule has 0 heterocycles. The van der Waals surface area contributed by atoms with Crippen LogP contribution < -0.4 is 9.62 Å². The van der Waals surface area contributed by atoms with Gasteiger partial charge in [-0.3, -0.25) is 13.9 Å². The van der Waals surface area contributed by atoms with E-state index in [1.165, 1.54) is 4.90 Å². The van der Waals surface area contributed by atoms with Gasteiger partial charge in [0.2, 0.25) is 11.8 Å². The molecule has 1 atom stereocenters. The number of amides is 2. The van der Waals surface area contributed by atoms with Gasteiger partial charge in [-0.15, -0.1) is 0 Å². The van der Waals surface area contributed by atoms with Crippen LogP contribution in [0.4, 0.5) is 5.69 Å². The lowest BCUT2D eigenvalue weighted by Gasteiger charge is -2.34. The molecule has 3 aromatic carbocycles. The number of nitrogens with one attached hydrogen (secondary N) is 1. The van der Waals surface area contributed by atoms with Gasteiger partial charge in [-0.25, -0.2) is 8.42 Å². The lowest BCUT2D eigenvalue weighted by atomic mass is 10.1. The zero-order valence-corrected chi connectivity index (χ0v) is 26.2. The van der Waals surface area contributed by atoms with E-state index in [0.717, 1.165) is 21.0 Å². The molecule has 0 aliphatic rings. The van der Waals surface area contributed by atoms with Gasteiger partial charge < -0.3 is 10.2 Å². The Bertz CT molecular complexity index is 1470. The Hall–Kier alpha value is -3.36. The summed E-state index contributed by atoms with van der Waals surface area (Å²) in [5.74, 6) is -0.571. The lowest BCUT2D eigenvalue weighted by molar-refractivity contribution is -0.140. The van der Waals surface area contributed by atoms with Crippen LogP contribution in [0, 0.1) is 26.7 Å². The molecule has 1 N–H and O–H groups in total. The standard InChI is InChI=1S/C32H40ClN3O4S/c1-7-29(32(38)34-19-22(2)3)35(20-26-12-8-9-13-28(26)33)31(37)21-36(30-14-10-11-24(5)25(30)6)41(39,40)27-17-15-23(4)16-18-27/h8-18,22,29H,7,19-21H2,1-6H3,(H,34,38). The van der Waals surface area contributed by atoms with E-state index in [1.807, 2.05) is 53.7 Å². The molecule has 0 bridgehead atoms. The number of benzene rings is 3. The Labute approximate surface area is 249 Å². The van der Waals surface area contributed by atoms with Crippen LogP contribution >= 0.6 is 11.6 Å². The Morgan fingerprint density at radius 2 is 1.59 bits per heavy atom. The lowest BCUT2D eigenvalue weighted by Crippen LogP contribution is -2.52. The summed E-state index contributed by atoms with van der Waals surface area (Å²) in [7, 11) is -4.13. The highest BCUT2D eigenvalue weighted by Gasteiger charge is 2.34. The minimum atomic E-state index is -4.13. The van der Waals surface area contributed by atoms with Crippen LogP contribution in [0.1, 0.15) is 49.4 Å². The number of anilines is 1. The highest BCUT2D eigenvalue weighted by atomic mass is 35.5. The number of carbonyl (C=O) groups excluding carboxylic acids is 2. The van der Waals surface area contributed by atoms with E-state index < -0.39 is 28.5 Å². The first-order chi connectivity index (χ1) is 19.4. The first-order valence-corrected chi connectivity index (χ1v) is 15.6. The van der Waals surface area contributed by atoms with Gasteiger partial charge in [0, 0.05) is 18.1 Å². The number of aryl methyl sites for hydroxylation is 2. The average molecular weight is 598 g/mol. The van der Waals surface area contributed by atoms with E-state index in [1.54, 1.807) is 54.6 Å². The van der Waals surface area contributed by atoms with Crippen LogP contribution in [0.2, 0.25) is 5.02 Å². The number of hydrogen-bond acceptors (Lipinski definition) is 4. The van der Waals surface area contributed by atoms with Gasteiger partial charge in [-0.1, -0.05) is 80.4 Å². The molecule has 7 nitrogen and oxygen atoms in total. The summed E-state index contributed by atoms with van der Waals surface area (Å²) in [5, 5.41) is 3.39. The highest BCUT2D eigenvalue weighted by molar-refractivity contribution is 7.92. The molecule has 0 spiro atoms. The highest BCUT2D eigenvalue weighted by Crippen LogP contribution is 2.29. The van der Waals surface area contributed by atoms with E-state index in [9.17, 15) is 18.0 Å². The van der Waals surface area contributed by atoms with Crippen LogP contribution in [-0.4, -0.2) is 44.3 Å². The van der Waals surface area contributed by atoms with Gasteiger partial charge in [-0.2, -0.15) is 0 Å². The van der Waals surface area contributed by atoms with Crippen molar-refractivity contribution in [2.45, 2.75) is 65.4 Å². The van der Waals surface area contributed by atoms with Crippen molar-refractivity contribution in [2.24, 2.45) is 5.92 Å². The summed E-state index contributed by atoms with van der Waals surface area (Å²) >= 11 is 6.46. The second-order valence-corrected chi connectivity index (χ2v) is 13.0. The molecule has 3 rings (SSSR count). The fourth-order valence-corrected chi connectivity index (χ4v) is 6.18. The molecule has 0 saturated carbocycles. The van der Waals surface area contributed by atoms with Crippen molar-refractivity contribution in [2.75, 3.05) is 17.4 Å². The van der Waals surface area contributed by atoms with Crippen molar-refractivity contribution in [3.05, 3.63) is 94.0 Å². The van der Waals surface area contributed by atoms with Crippen molar-refractivity contribution in [3.63, 3.8) is 0 Å². The maximum absolute atomic E-state index is 14.2. The molecule has 1 unspecified atom stereocenters. The maximum atomic E-state index is 14.2. The van der Waals surface area contributed by atoms with Crippen molar-refractivity contribution in [3.8, 4) is 0 Å². The minimum absolute atomic E-state index is 0.0529. The Balaban J connectivity index is 2.10. The molecule has 0 aliphatic heterocycles. The third-order valence-corrected chi connectivity index (χ3v) is 9.24. The summed E-state index contributed by atoms with van der Waals surface area (Å²) in [4.78, 5) is 29.1. The largest absolute Gasteiger partial charge is 0.354 e. The van der Waals surface area contributed by atoms with Crippen molar-refractivity contribution < 1.29 is 18.0 Å². The van der Waals surface area contributed by atoms with E-state index in [4.69, 9.17) is 11.6 Å². The van der Waals surface area contributed by atoms with E-state index in [-0.39, 0.29) is 23.3 Å². The monoisotopic (exact) mass is 597 g/mol. The second-order valence-electron chi connectivity index (χ2n) is 10.7. The van der Waals surface area contributed by atoms with Crippen LogP contribution in [-0.2, 0) is 26.2 Å². The number of rotatable bonds is 12. The Morgan fingerprint density at radius 1 is 0.927 bits per heavy atom. The Morgan fingerprint density at radius 3 is 2.20 bits per heavy atom. The molecule has 41 heavy (non-hydrogen) atoms. The first-order valence-electron chi connectivity index (χ1n) is 13.8. The number of carbonyl (C=O) groups is 2. The molecule has 0 aliphatic carbocycles. The normalized spacial score (nSPS) is 12.2. The predicted octanol–water partition coefficient (Wildman–Crippen LogP) is 6.04. The van der Waals surface area contributed by atoms with Gasteiger partial charge in [0.25, 0.3) is 10.0 Å². The summed E-state index contributed by atoms with van der Waals surface area (Å²) < 4.78 is 29.3. The molecule has 0 fully saturated rings. The molecule has 9 heteroatoms. The quantitative estimate of drug-likeness (QED) is 0.276. The number of halogens is 1. The number of nitrogens with zero attached hydrogens (tertiary/aromatic N) is 2. The molecule has 0 saturated heterocycles. The molecule has 2 amide bonds. The summed E-state index contributed by atoms with van der Waals surface area (Å²) in [6, 6.07) is 18.2. The van der Waals surface area contributed by atoms with Crippen molar-refractivity contribution in [1.29, 1.82) is 0 Å². The molecule has 0 radical (unpaired) electrons. The Kier molecular flexibility index (Phi) is 11.0. The first kappa shape index (κ1) is 32.2.